The second-order valence-electron chi connectivity index (χ2n) is 5.19. The summed E-state index contributed by atoms with van der Waals surface area (Å²) in [6, 6.07) is 9.66. The van der Waals surface area contributed by atoms with Crippen LogP contribution in [0.1, 0.15) is 15.9 Å². The van der Waals surface area contributed by atoms with Gasteiger partial charge in [0.25, 0.3) is 11.6 Å². The number of ether oxygens (including phenoxy) is 1. The molecule has 0 aliphatic carbocycles. The second-order valence-corrected chi connectivity index (χ2v) is 5.19. The summed E-state index contributed by atoms with van der Waals surface area (Å²) in [5.74, 6) is -1.84. The van der Waals surface area contributed by atoms with E-state index in [-0.39, 0.29) is 17.7 Å². The third-order valence-corrected chi connectivity index (χ3v) is 3.44. The van der Waals surface area contributed by atoms with Gasteiger partial charge in [0.2, 0.25) is 0 Å². The zero-order valence-corrected chi connectivity index (χ0v) is 13.3. The first-order chi connectivity index (χ1) is 11.9. The van der Waals surface area contributed by atoms with E-state index < -0.39 is 28.7 Å². The normalized spacial score (nSPS) is 11.4. The average Bonchev–Trinajstić information content (AvgIpc) is 2.60. The third kappa shape index (κ3) is 4.84. The first kappa shape index (κ1) is 18.1. The standard InChI is InChI=1S/C17H15FN2O5/c1-25-17(22)15(9-11-4-2-6-13(18)8-11)19-16(21)12-5-3-7-14(10-12)20(23)24/h2-8,10,15H,9H2,1H3,(H,19,21)/t15-/m1/s1. The van der Waals surface area contributed by atoms with E-state index in [1.807, 2.05) is 0 Å². The molecule has 7 nitrogen and oxygen atoms in total. The fraction of sp³-hybridized carbons (Fsp3) is 0.176. The van der Waals surface area contributed by atoms with Crippen LogP contribution >= 0.6 is 0 Å². The Labute approximate surface area is 142 Å². The summed E-state index contributed by atoms with van der Waals surface area (Å²) in [7, 11) is 1.17. The fourth-order valence-electron chi connectivity index (χ4n) is 2.24. The topological polar surface area (TPSA) is 98.5 Å². The molecule has 1 atom stereocenters. The molecule has 0 unspecified atom stereocenters. The molecule has 2 aromatic rings. The molecular formula is C17H15FN2O5. The number of carbonyl (C=O) groups excluding carboxylic acids is 2. The van der Waals surface area contributed by atoms with Gasteiger partial charge < -0.3 is 10.1 Å². The van der Waals surface area contributed by atoms with Crippen molar-refractivity contribution in [3.63, 3.8) is 0 Å². The van der Waals surface area contributed by atoms with Crippen LogP contribution in [0.5, 0.6) is 0 Å². The minimum atomic E-state index is -1.06. The molecule has 0 aliphatic heterocycles. The van der Waals surface area contributed by atoms with Crippen molar-refractivity contribution in [1.82, 2.24) is 5.32 Å². The Bertz CT molecular complexity index is 809. The van der Waals surface area contributed by atoms with Crippen LogP contribution in [-0.2, 0) is 16.0 Å². The highest BCUT2D eigenvalue weighted by molar-refractivity contribution is 5.97. The van der Waals surface area contributed by atoms with Gasteiger partial charge in [-0.3, -0.25) is 14.9 Å². The largest absolute Gasteiger partial charge is 0.467 e. The number of nitro benzene ring substituents is 1. The molecule has 0 spiro atoms. The van der Waals surface area contributed by atoms with Crippen LogP contribution < -0.4 is 5.32 Å². The number of non-ortho nitro benzene ring substituents is 1. The zero-order valence-electron chi connectivity index (χ0n) is 13.3. The van der Waals surface area contributed by atoms with E-state index in [1.165, 1.54) is 43.5 Å². The van der Waals surface area contributed by atoms with Gasteiger partial charge in [0.05, 0.1) is 12.0 Å². The Balaban J connectivity index is 2.19. The van der Waals surface area contributed by atoms with Crippen LogP contribution in [0.15, 0.2) is 48.5 Å². The molecule has 1 N–H and O–H groups in total. The van der Waals surface area contributed by atoms with E-state index in [0.717, 1.165) is 6.07 Å². The zero-order chi connectivity index (χ0) is 18.4. The summed E-state index contributed by atoms with van der Waals surface area (Å²) in [4.78, 5) is 34.4. The fourth-order valence-corrected chi connectivity index (χ4v) is 2.24. The maximum Gasteiger partial charge on any atom is 0.328 e. The highest BCUT2D eigenvalue weighted by Crippen LogP contribution is 2.14. The van der Waals surface area contributed by atoms with Crippen molar-refractivity contribution in [2.24, 2.45) is 0 Å². The Kier molecular flexibility index (Phi) is 5.78. The lowest BCUT2D eigenvalue weighted by Gasteiger charge is -2.16. The molecule has 0 aromatic heterocycles. The van der Waals surface area contributed by atoms with Crippen LogP contribution in [0.3, 0.4) is 0 Å². The third-order valence-electron chi connectivity index (χ3n) is 3.44. The first-order valence-electron chi connectivity index (χ1n) is 7.28. The van der Waals surface area contributed by atoms with Gasteiger partial charge in [-0.1, -0.05) is 18.2 Å². The van der Waals surface area contributed by atoms with Gasteiger partial charge in [0, 0.05) is 24.1 Å². The van der Waals surface area contributed by atoms with E-state index in [1.54, 1.807) is 6.07 Å². The van der Waals surface area contributed by atoms with E-state index in [9.17, 15) is 24.1 Å². The molecular weight excluding hydrogens is 331 g/mol. The monoisotopic (exact) mass is 346 g/mol. The van der Waals surface area contributed by atoms with Crippen LogP contribution in [0.25, 0.3) is 0 Å². The lowest BCUT2D eigenvalue weighted by atomic mass is 10.0. The Morgan fingerprint density at radius 2 is 1.96 bits per heavy atom. The molecule has 0 radical (unpaired) electrons. The average molecular weight is 346 g/mol. The van der Waals surface area contributed by atoms with Gasteiger partial charge in [-0.05, 0) is 23.8 Å². The van der Waals surface area contributed by atoms with Crippen molar-refractivity contribution in [2.75, 3.05) is 7.11 Å². The quantitative estimate of drug-likeness (QED) is 0.491. The van der Waals surface area contributed by atoms with Crippen molar-refractivity contribution in [1.29, 1.82) is 0 Å². The lowest BCUT2D eigenvalue weighted by Crippen LogP contribution is -2.43. The molecule has 130 valence electrons. The molecule has 0 bridgehead atoms. The molecule has 0 aliphatic rings. The number of amides is 1. The smallest absolute Gasteiger partial charge is 0.328 e. The van der Waals surface area contributed by atoms with Crippen LogP contribution in [0, 0.1) is 15.9 Å². The molecule has 0 fully saturated rings. The van der Waals surface area contributed by atoms with E-state index in [0.29, 0.717) is 5.56 Å². The second kappa shape index (κ2) is 8.00. The summed E-state index contributed by atoms with van der Waals surface area (Å²) in [6.07, 6.45) is 0.0189. The number of benzene rings is 2. The summed E-state index contributed by atoms with van der Waals surface area (Å²) in [5, 5.41) is 13.2. The number of nitrogens with zero attached hydrogens (tertiary/aromatic N) is 1. The van der Waals surface area contributed by atoms with Crippen LogP contribution in [0.2, 0.25) is 0 Å². The predicted molar refractivity (Wildman–Crippen MR) is 86.5 cm³/mol. The van der Waals surface area contributed by atoms with Crippen molar-refractivity contribution in [3.05, 3.63) is 75.6 Å². The molecule has 2 aromatic carbocycles. The first-order valence-corrected chi connectivity index (χ1v) is 7.28. The lowest BCUT2D eigenvalue weighted by molar-refractivity contribution is -0.384. The van der Waals surface area contributed by atoms with Crippen LogP contribution in [0.4, 0.5) is 10.1 Å². The number of nitro groups is 1. The predicted octanol–water partition coefficient (Wildman–Crippen LogP) is 2.25. The highest BCUT2D eigenvalue weighted by atomic mass is 19.1. The van der Waals surface area contributed by atoms with Gasteiger partial charge in [0.15, 0.2) is 0 Å². The van der Waals surface area contributed by atoms with E-state index in [2.05, 4.69) is 10.1 Å². The van der Waals surface area contributed by atoms with Gasteiger partial charge in [-0.2, -0.15) is 0 Å². The summed E-state index contributed by atoms with van der Waals surface area (Å²) < 4.78 is 17.9. The summed E-state index contributed by atoms with van der Waals surface area (Å²) >= 11 is 0. The molecule has 0 saturated carbocycles. The molecule has 1 amide bonds. The van der Waals surface area contributed by atoms with Crippen molar-refractivity contribution >= 4 is 17.6 Å². The number of hydrogen-bond donors (Lipinski definition) is 1. The number of hydrogen-bond acceptors (Lipinski definition) is 5. The summed E-state index contributed by atoms with van der Waals surface area (Å²) in [5.41, 5.74) is 0.282. The molecule has 8 heteroatoms. The number of carbonyl (C=O) groups is 2. The number of halogens is 1. The van der Waals surface area contributed by atoms with Gasteiger partial charge in [0.1, 0.15) is 11.9 Å². The number of rotatable bonds is 6. The molecule has 25 heavy (non-hydrogen) atoms. The van der Waals surface area contributed by atoms with Gasteiger partial charge in [-0.25, -0.2) is 9.18 Å². The summed E-state index contributed by atoms with van der Waals surface area (Å²) in [6.45, 7) is 0. The van der Waals surface area contributed by atoms with Gasteiger partial charge >= 0.3 is 5.97 Å². The SMILES string of the molecule is COC(=O)[C@@H](Cc1cccc(F)c1)NC(=O)c1cccc([N+](=O)[O-])c1. The Hall–Kier alpha value is -3.29. The van der Waals surface area contributed by atoms with Crippen LogP contribution in [-0.4, -0.2) is 30.0 Å². The van der Waals surface area contributed by atoms with Gasteiger partial charge in [-0.15, -0.1) is 0 Å². The van der Waals surface area contributed by atoms with E-state index in [4.69, 9.17) is 0 Å². The van der Waals surface area contributed by atoms with E-state index >= 15 is 0 Å². The molecule has 0 saturated heterocycles. The Morgan fingerprint density at radius 1 is 1.24 bits per heavy atom. The highest BCUT2D eigenvalue weighted by Gasteiger charge is 2.23. The number of nitrogens with one attached hydrogen (secondary N) is 1. The minimum Gasteiger partial charge on any atom is -0.467 e. The van der Waals surface area contributed by atoms with Crippen molar-refractivity contribution in [2.45, 2.75) is 12.5 Å². The molecule has 0 heterocycles. The number of esters is 1. The van der Waals surface area contributed by atoms with Crippen molar-refractivity contribution in [3.8, 4) is 0 Å². The number of methoxy groups -OCH3 is 1. The minimum absolute atomic E-state index is 0.0189. The molecule has 2 rings (SSSR count). The Morgan fingerprint density at radius 3 is 2.60 bits per heavy atom. The van der Waals surface area contributed by atoms with Crippen molar-refractivity contribution < 1.29 is 23.6 Å². The maximum absolute atomic E-state index is 13.3. The maximum atomic E-state index is 13.3.